The Morgan fingerprint density at radius 1 is 1.44 bits per heavy atom. The predicted octanol–water partition coefficient (Wildman–Crippen LogP) is 0.694. The van der Waals surface area contributed by atoms with Gasteiger partial charge in [-0.25, -0.2) is 10.8 Å². The highest BCUT2D eigenvalue weighted by molar-refractivity contribution is 5.79. The van der Waals surface area contributed by atoms with E-state index in [0.29, 0.717) is 18.5 Å². The van der Waals surface area contributed by atoms with Crippen molar-refractivity contribution < 1.29 is 0 Å². The highest BCUT2D eigenvalue weighted by Crippen LogP contribution is 2.17. The van der Waals surface area contributed by atoms with Crippen molar-refractivity contribution in [3.8, 4) is 0 Å². The Hall–Kier alpha value is -1.56. The Bertz CT molecular complexity index is 353. The monoisotopic (exact) mass is 250 g/mol. The van der Waals surface area contributed by atoms with Gasteiger partial charge >= 0.3 is 0 Å². The van der Waals surface area contributed by atoms with E-state index in [9.17, 15) is 0 Å². The van der Waals surface area contributed by atoms with Crippen LogP contribution in [0.3, 0.4) is 0 Å². The number of rotatable bonds is 4. The van der Waals surface area contributed by atoms with E-state index < -0.39 is 0 Å². The molecule has 1 aliphatic carbocycles. The molecule has 0 aliphatic heterocycles. The van der Waals surface area contributed by atoms with Gasteiger partial charge in [-0.2, -0.15) is 0 Å². The van der Waals surface area contributed by atoms with Crippen molar-refractivity contribution in [1.82, 2.24) is 20.7 Å². The van der Waals surface area contributed by atoms with E-state index in [1.54, 1.807) is 6.20 Å². The molecule has 1 aromatic rings. The van der Waals surface area contributed by atoms with E-state index in [1.165, 1.54) is 32.1 Å². The number of hydrazine groups is 1. The van der Waals surface area contributed by atoms with Crippen LogP contribution < -0.4 is 16.6 Å². The lowest BCUT2D eigenvalue weighted by Gasteiger charge is -2.24. The SMILES string of the molecule is NNC(=NCCc1ncc[nH]1)NC1CCCCC1. The van der Waals surface area contributed by atoms with Gasteiger partial charge in [0.1, 0.15) is 5.82 Å². The highest BCUT2D eigenvalue weighted by atomic mass is 15.3. The zero-order valence-corrected chi connectivity index (χ0v) is 10.7. The topological polar surface area (TPSA) is 91.1 Å². The molecule has 6 nitrogen and oxygen atoms in total. The smallest absolute Gasteiger partial charge is 0.205 e. The summed E-state index contributed by atoms with van der Waals surface area (Å²) in [6.45, 7) is 0.673. The number of aromatic amines is 1. The average molecular weight is 250 g/mol. The van der Waals surface area contributed by atoms with Gasteiger partial charge in [0.25, 0.3) is 0 Å². The van der Waals surface area contributed by atoms with Crippen LogP contribution in [0.15, 0.2) is 17.4 Å². The van der Waals surface area contributed by atoms with Crippen LogP contribution in [0.4, 0.5) is 0 Å². The number of H-pyrrole nitrogens is 1. The van der Waals surface area contributed by atoms with Gasteiger partial charge in [0, 0.05) is 31.4 Å². The number of guanidine groups is 1. The third kappa shape index (κ3) is 4.03. The fraction of sp³-hybridized carbons (Fsp3) is 0.667. The summed E-state index contributed by atoms with van der Waals surface area (Å²) in [5.74, 6) is 7.12. The van der Waals surface area contributed by atoms with Gasteiger partial charge in [-0.15, -0.1) is 0 Å². The zero-order chi connectivity index (χ0) is 12.6. The summed E-state index contributed by atoms with van der Waals surface area (Å²) in [5.41, 5.74) is 2.64. The molecule has 5 N–H and O–H groups in total. The normalized spacial score (nSPS) is 17.7. The number of hydrogen-bond donors (Lipinski definition) is 4. The number of aromatic nitrogens is 2. The van der Waals surface area contributed by atoms with Crippen LogP contribution in [-0.4, -0.2) is 28.5 Å². The van der Waals surface area contributed by atoms with Gasteiger partial charge in [-0.05, 0) is 12.8 Å². The summed E-state index contributed by atoms with van der Waals surface area (Å²) in [6, 6.07) is 0.511. The summed E-state index contributed by atoms with van der Waals surface area (Å²) < 4.78 is 0. The molecule has 0 radical (unpaired) electrons. The van der Waals surface area contributed by atoms with Crippen molar-refractivity contribution in [1.29, 1.82) is 0 Å². The summed E-state index contributed by atoms with van der Waals surface area (Å²) in [6.07, 6.45) is 10.7. The molecule has 100 valence electrons. The minimum Gasteiger partial charge on any atom is -0.353 e. The first-order valence-electron chi connectivity index (χ1n) is 6.64. The molecule has 1 saturated carbocycles. The van der Waals surface area contributed by atoms with Gasteiger partial charge in [0.15, 0.2) is 0 Å². The maximum atomic E-state index is 5.48. The van der Waals surface area contributed by atoms with Gasteiger partial charge in [0.05, 0.1) is 0 Å². The summed E-state index contributed by atoms with van der Waals surface area (Å²) in [4.78, 5) is 11.6. The van der Waals surface area contributed by atoms with Crippen LogP contribution >= 0.6 is 0 Å². The van der Waals surface area contributed by atoms with E-state index in [0.717, 1.165) is 12.2 Å². The van der Waals surface area contributed by atoms with E-state index in [1.807, 2.05) is 6.20 Å². The van der Waals surface area contributed by atoms with Crippen molar-refractivity contribution in [2.75, 3.05) is 6.54 Å². The third-order valence-electron chi connectivity index (χ3n) is 3.26. The molecule has 0 spiro atoms. The first-order valence-corrected chi connectivity index (χ1v) is 6.64. The third-order valence-corrected chi connectivity index (χ3v) is 3.26. The van der Waals surface area contributed by atoms with E-state index in [-0.39, 0.29) is 0 Å². The van der Waals surface area contributed by atoms with Crippen molar-refractivity contribution in [2.24, 2.45) is 10.8 Å². The van der Waals surface area contributed by atoms with Gasteiger partial charge < -0.3 is 10.3 Å². The van der Waals surface area contributed by atoms with Gasteiger partial charge in [0.2, 0.25) is 5.96 Å². The van der Waals surface area contributed by atoms with Crippen LogP contribution in [0.5, 0.6) is 0 Å². The van der Waals surface area contributed by atoms with Gasteiger partial charge in [-0.3, -0.25) is 10.4 Å². The standard InChI is InChI=1S/C12H22N6/c13-18-12(17-10-4-2-1-3-5-10)16-7-6-11-14-8-9-15-11/h8-10H,1-7,13H2,(H,14,15)(H2,16,17,18). The lowest BCUT2D eigenvalue weighted by atomic mass is 9.96. The maximum absolute atomic E-state index is 5.48. The summed E-state index contributed by atoms with van der Waals surface area (Å²) in [5, 5.41) is 3.37. The van der Waals surface area contributed by atoms with E-state index >= 15 is 0 Å². The minimum atomic E-state index is 0.511. The average Bonchev–Trinajstić information content (AvgIpc) is 2.92. The molecule has 0 atom stereocenters. The molecule has 6 heteroatoms. The summed E-state index contributed by atoms with van der Waals surface area (Å²) in [7, 11) is 0. The van der Waals surface area contributed by atoms with E-state index in [2.05, 4.69) is 25.7 Å². The van der Waals surface area contributed by atoms with Crippen molar-refractivity contribution >= 4 is 5.96 Å². The highest BCUT2D eigenvalue weighted by Gasteiger charge is 2.13. The molecule has 0 amide bonds. The second-order valence-electron chi connectivity index (χ2n) is 4.64. The zero-order valence-electron chi connectivity index (χ0n) is 10.7. The quantitative estimate of drug-likeness (QED) is 0.274. The lowest BCUT2D eigenvalue weighted by molar-refractivity contribution is 0.410. The fourth-order valence-corrected chi connectivity index (χ4v) is 2.28. The number of nitrogens with two attached hydrogens (primary N) is 1. The Kier molecular flexibility index (Phi) is 5.01. The second kappa shape index (κ2) is 7.00. The molecule has 1 heterocycles. The van der Waals surface area contributed by atoms with Crippen molar-refractivity contribution in [3.05, 3.63) is 18.2 Å². The number of imidazole rings is 1. The lowest BCUT2D eigenvalue weighted by Crippen LogP contribution is -2.47. The molecule has 18 heavy (non-hydrogen) atoms. The molecule has 0 bridgehead atoms. The maximum Gasteiger partial charge on any atom is 0.205 e. The fourth-order valence-electron chi connectivity index (χ4n) is 2.28. The van der Waals surface area contributed by atoms with Gasteiger partial charge in [-0.1, -0.05) is 19.3 Å². The molecule has 0 unspecified atom stereocenters. The van der Waals surface area contributed by atoms with Crippen LogP contribution in [0, 0.1) is 0 Å². The number of nitrogens with one attached hydrogen (secondary N) is 3. The first-order chi connectivity index (χ1) is 8.88. The largest absolute Gasteiger partial charge is 0.353 e. The van der Waals surface area contributed by atoms with Crippen LogP contribution in [0.2, 0.25) is 0 Å². The molecule has 0 saturated heterocycles. The molecule has 2 rings (SSSR count). The van der Waals surface area contributed by atoms with Crippen LogP contribution in [-0.2, 0) is 6.42 Å². The Labute approximate surface area is 107 Å². The van der Waals surface area contributed by atoms with Crippen LogP contribution in [0.25, 0.3) is 0 Å². The summed E-state index contributed by atoms with van der Waals surface area (Å²) >= 11 is 0. The molecule has 1 aliphatic rings. The van der Waals surface area contributed by atoms with Crippen LogP contribution in [0.1, 0.15) is 37.9 Å². The Morgan fingerprint density at radius 2 is 2.28 bits per heavy atom. The molecule has 0 aromatic carbocycles. The number of nitrogens with zero attached hydrogens (tertiary/aromatic N) is 2. The molecular weight excluding hydrogens is 228 g/mol. The Morgan fingerprint density at radius 3 is 2.94 bits per heavy atom. The second-order valence-corrected chi connectivity index (χ2v) is 4.64. The van der Waals surface area contributed by atoms with E-state index in [4.69, 9.17) is 5.84 Å². The number of aliphatic imine (C=N–C) groups is 1. The number of hydrogen-bond acceptors (Lipinski definition) is 3. The molecule has 1 aromatic heterocycles. The predicted molar refractivity (Wildman–Crippen MR) is 71.9 cm³/mol. The first kappa shape index (κ1) is 12.9. The van der Waals surface area contributed by atoms with Crippen molar-refractivity contribution in [3.63, 3.8) is 0 Å². The minimum absolute atomic E-state index is 0.511. The Balaban J connectivity index is 1.76. The molecular formula is C12H22N6. The van der Waals surface area contributed by atoms with Crippen molar-refractivity contribution in [2.45, 2.75) is 44.6 Å². The molecule has 1 fully saturated rings.